The zero-order valence-corrected chi connectivity index (χ0v) is 11.8. The van der Waals surface area contributed by atoms with Gasteiger partial charge in [-0.1, -0.05) is 20.3 Å². The molecule has 0 aromatic carbocycles. The molecule has 7 heteroatoms. The van der Waals surface area contributed by atoms with Crippen LogP contribution < -0.4 is 0 Å². The summed E-state index contributed by atoms with van der Waals surface area (Å²) in [6, 6.07) is 0. The molecule has 6 nitrogen and oxygen atoms in total. The maximum absolute atomic E-state index is 12.3. The average molecular weight is 278 g/mol. The average Bonchev–Trinajstić information content (AvgIpc) is 2.36. The lowest BCUT2D eigenvalue weighted by Gasteiger charge is -2.32. The Hall–Kier alpha value is -0.660. The Morgan fingerprint density at radius 2 is 1.89 bits per heavy atom. The predicted octanol–water partition coefficient (Wildman–Crippen LogP) is 0.760. The monoisotopic (exact) mass is 278 g/mol. The van der Waals surface area contributed by atoms with Gasteiger partial charge in [-0.3, -0.25) is 4.79 Å². The lowest BCUT2D eigenvalue weighted by Crippen LogP contribution is -2.47. The van der Waals surface area contributed by atoms with E-state index < -0.39 is 22.1 Å². The van der Waals surface area contributed by atoms with Gasteiger partial charge in [0.1, 0.15) is 0 Å². The van der Waals surface area contributed by atoms with Crippen molar-refractivity contribution in [3.63, 3.8) is 0 Å². The molecule has 1 saturated heterocycles. The standard InChI is InChI=1S/C11H22N2O4S/c1-3-12(9-10(2)11(14)15)18(16,17)13-7-5-4-6-8-13/h10H,3-9H2,1-2H3,(H,14,15). The molecule has 18 heavy (non-hydrogen) atoms. The van der Waals surface area contributed by atoms with Crippen LogP contribution in [0.15, 0.2) is 0 Å². The summed E-state index contributed by atoms with van der Waals surface area (Å²) >= 11 is 0. The molecule has 106 valence electrons. The lowest BCUT2D eigenvalue weighted by atomic mass is 10.2. The van der Waals surface area contributed by atoms with Crippen LogP contribution in [0.5, 0.6) is 0 Å². The summed E-state index contributed by atoms with van der Waals surface area (Å²) < 4.78 is 27.4. The first-order chi connectivity index (χ1) is 8.39. The predicted molar refractivity (Wildman–Crippen MR) is 68.4 cm³/mol. The smallest absolute Gasteiger partial charge is 0.307 e. The minimum atomic E-state index is -3.50. The van der Waals surface area contributed by atoms with E-state index in [-0.39, 0.29) is 6.54 Å². The van der Waals surface area contributed by atoms with Gasteiger partial charge < -0.3 is 5.11 Å². The van der Waals surface area contributed by atoms with Gasteiger partial charge in [0.25, 0.3) is 10.2 Å². The molecule has 1 N–H and O–H groups in total. The van der Waals surface area contributed by atoms with Crippen LogP contribution in [0.2, 0.25) is 0 Å². The van der Waals surface area contributed by atoms with E-state index in [0.717, 1.165) is 19.3 Å². The minimum absolute atomic E-state index is 0.0324. The van der Waals surface area contributed by atoms with Gasteiger partial charge in [-0.15, -0.1) is 0 Å². The molecule has 0 saturated carbocycles. The quantitative estimate of drug-likeness (QED) is 0.778. The normalized spacial score (nSPS) is 19.9. The summed E-state index contributed by atoms with van der Waals surface area (Å²) in [5, 5.41) is 8.87. The largest absolute Gasteiger partial charge is 0.481 e. The van der Waals surface area contributed by atoms with E-state index >= 15 is 0 Å². The number of rotatable bonds is 6. The number of piperidine rings is 1. The highest BCUT2D eigenvalue weighted by molar-refractivity contribution is 7.86. The van der Waals surface area contributed by atoms with Crippen molar-refractivity contribution in [3.05, 3.63) is 0 Å². The zero-order valence-electron chi connectivity index (χ0n) is 11.0. The van der Waals surface area contributed by atoms with Crippen molar-refractivity contribution in [1.82, 2.24) is 8.61 Å². The second kappa shape index (κ2) is 6.49. The maximum atomic E-state index is 12.3. The first-order valence-electron chi connectivity index (χ1n) is 6.37. The van der Waals surface area contributed by atoms with Crippen molar-refractivity contribution in [1.29, 1.82) is 0 Å². The molecule has 0 amide bonds. The minimum Gasteiger partial charge on any atom is -0.481 e. The molecule has 1 heterocycles. The summed E-state index contributed by atoms with van der Waals surface area (Å²) in [4.78, 5) is 10.8. The molecule has 1 atom stereocenters. The molecule has 1 rings (SSSR count). The van der Waals surface area contributed by atoms with E-state index in [9.17, 15) is 13.2 Å². The molecule has 1 aliphatic rings. The number of nitrogens with zero attached hydrogens (tertiary/aromatic N) is 2. The van der Waals surface area contributed by atoms with Crippen LogP contribution in [0.1, 0.15) is 33.1 Å². The summed E-state index contributed by atoms with van der Waals surface area (Å²) in [5.74, 6) is -1.66. The third kappa shape index (κ3) is 3.66. The van der Waals surface area contributed by atoms with Crippen LogP contribution >= 0.6 is 0 Å². The lowest BCUT2D eigenvalue weighted by molar-refractivity contribution is -0.141. The van der Waals surface area contributed by atoms with Crippen LogP contribution in [-0.2, 0) is 15.0 Å². The summed E-state index contributed by atoms with van der Waals surface area (Å²) in [7, 11) is -3.50. The molecule has 0 aromatic rings. The van der Waals surface area contributed by atoms with Crippen molar-refractivity contribution >= 4 is 16.2 Å². The van der Waals surface area contributed by atoms with Crippen molar-refractivity contribution in [2.45, 2.75) is 33.1 Å². The van der Waals surface area contributed by atoms with Crippen molar-refractivity contribution < 1.29 is 18.3 Å². The van der Waals surface area contributed by atoms with E-state index in [1.807, 2.05) is 0 Å². The number of hydrogen-bond donors (Lipinski definition) is 1. The van der Waals surface area contributed by atoms with Gasteiger partial charge in [0.05, 0.1) is 5.92 Å². The molecule has 0 radical (unpaired) electrons. The molecule has 1 aliphatic heterocycles. The Morgan fingerprint density at radius 3 is 2.33 bits per heavy atom. The SMILES string of the molecule is CCN(CC(C)C(=O)O)S(=O)(=O)N1CCCCC1. The summed E-state index contributed by atoms with van der Waals surface area (Å²) in [6.07, 6.45) is 2.82. The molecule has 0 spiro atoms. The van der Waals surface area contributed by atoms with Gasteiger partial charge in [0.2, 0.25) is 0 Å². The van der Waals surface area contributed by atoms with Crippen molar-refractivity contribution in [3.8, 4) is 0 Å². The van der Waals surface area contributed by atoms with Gasteiger partial charge in [-0.25, -0.2) is 0 Å². The second-order valence-electron chi connectivity index (χ2n) is 4.66. The Bertz CT molecular complexity index is 377. The number of carboxylic acid groups (broad SMARTS) is 1. The van der Waals surface area contributed by atoms with E-state index in [0.29, 0.717) is 19.6 Å². The molecule has 0 aromatic heterocycles. The van der Waals surface area contributed by atoms with Gasteiger partial charge >= 0.3 is 5.97 Å². The summed E-state index contributed by atoms with van der Waals surface area (Å²) in [5.41, 5.74) is 0. The molecule has 1 fully saturated rings. The molecule has 0 aliphatic carbocycles. The second-order valence-corrected chi connectivity index (χ2v) is 6.59. The van der Waals surface area contributed by atoms with Gasteiger partial charge in [0.15, 0.2) is 0 Å². The number of aliphatic carboxylic acids is 1. The Kier molecular flexibility index (Phi) is 5.55. The van der Waals surface area contributed by atoms with Crippen molar-refractivity contribution in [2.75, 3.05) is 26.2 Å². The fourth-order valence-electron chi connectivity index (χ4n) is 2.03. The maximum Gasteiger partial charge on any atom is 0.307 e. The van der Waals surface area contributed by atoms with Gasteiger partial charge in [-0.05, 0) is 12.8 Å². The van der Waals surface area contributed by atoms with Crippen LogP contribution in [0.3, 0.4) is 0 Å². The highest BCUT2D eigenvalue weighted by atomic mass is 32.2. The van der Waals surface area contributed by atoms with Crippen LogP contribution in [0.25, 0.3) is 0 Å². The number of carbonyl (C=O) groups is 1. The van der Waals surface area contributed by atoms with Gasteiger partial charge in [0, 0.05) is 26.2 Å². The highest BCUT2D eigenvalue weighted by Crippen LogP contribution is 2.17. The van der Waals surface area contributed by atoms with E-state index in [1.165, 1.54) is 15.5 Å². The fraction of sp³-hybridized carbons (Fsp3) is 0.909. The van der Waals surface area contributed by atoms with Crippen LogP contribution in [0.4, 0.5) is 0 Å². The number of carboxylic acids is 1. The third-order valence-electron chi connectivity index (χ3n) is 3.22. The molecular weight excluding hydrogens is 256 g/mol. The molecular formula is C11H22N2O4S. The fourth-order valence-corrected chi connectivity index (χ4v) is 3.81. The Morgan fingerprint density at radius 1 is 1.33 bits per heavy atom. The zero-order chi connectivity index (χ0) is 13.8. The third-order valence-corrected chi connectivity index (χ3v) is 5.30. The summed E-state index contributed by atoms with van der Waals surface area (Å²) in [6.45, 7) is 4.68. The van der Waals surface area contributed by atoms with Crippen LogP contribution in [0, 0.1) is 5.92 Å². The van der Waals surface area contributed by atoms with E-state index in [2.05, 4.69) is 0 Å². The highest BCUT2D eigenvalue weighted by Gasteiger charge is 2.31. The molecule has 0 bridgehead atoms. The Labute approximate surface area is 109 Å². The van der Waals surface area contributed by atoms with Gasteiger partial charge in [-0.2, -0.15) is 17.0 Å². The Balaban J connectivity index is 2.75. The first kappa shape index (κ1) is 15.4. The first-order valence-corrected chi connectivity index (χ1v) is 7.77. The number of hydrogen-bond acceptors (Lipinski definition) is 3. The topological polar surface area (TPSA) is 77.9 Å². The van der Waals surface area contributed by atoms with E-state index in [1.54, 1.807) is 6.92 Å². The van der Waals surface area contributed by atoms with E-state index in [4.69, 9.17) is 5.11 Å². The van der Waals surface area contributed by atoms with Crippen LogP contribution in [-0.4, -0.2) is 54.3 Å². The van der Waals surface area contributed by atoms with Crippen molar-refractivity contribution in [2.24, 2.45) is 5.92 Å². The molecule has 1 unspecified atom stereocenters.